The van der Waals surface area contributed by atoms with Crippen LogP contribution in [0.1, 0.15) is 45.4 Å². The predicted octanol–water partition coefficient (Wildman–Crippen LogP) is 0.701. The largest absolute Gasteiger partial charge is 0.387 e. The summed E-state index contributed by atoms with van der Waals surface area (Å²) >= 11 is 0. The number of unbranched alkanes of at least 4 members (excludes halogenated alkanes) is 1. The second-order valence-electron chi connectivity index (χ2n) is 7.30. The molecule has 0 aromatic carbocycles. The Morgan fingerprint density at radius 3 is 3.04 bits per heavy atom. The van der Waals surface area contributed by atoms with Crippen LogP contribution >= 0.6 is 0 Å². The molecule has 3 aliphatic rings. The average Bonchev–Trinajstić information content (AvgIpc) is 3.09. The van der Waals surface area contributed by atoms with Gasteiger partial charge < -0.3 is 10.2 Å². The van der Waals surface area contributed by atoms with Crippen LogP contribution in [0.15, 0.2) is 5.16 Å². The Balaban J connectivity index is 1.53. The van der Waals surface area contributed by atoms with E-state index < -0.39 is 9.84 Å². The van der Waals surface area contributed by atoms with E-state index >= 15 is 0 Å². The van der Waals surface area contributed by atoms with Crippen molar-refractivity contribution in [3.05, 3.63) is 0 Å². The third kappa shape index (κ3) is 4.08. The van der Waals surface area contributed by atoms with Crippen LogP contribution < -0.4 is 5.32 Å². The van der Waals surface area contributed by atoms with Gasteiger partial charge in [-0.25, -0.2) is 8.42 Å². The first-order valence-corrected chi connectivity index (χ1v) is 10.7. The van der Waals surface area contributed by atoms with Gasteiger partial charge in [0.2, 0.25) is 0 Å². The van der Waals surface area contributed by atoms with E-state index in [-0.39, 0.29) is 29.1 Å². The van der Waals surface area contributed by atoms with E-state index in [1.165, 1.54) is 12.8 Å². The minimum atomic E-state index is -3.00. The van der Waals surface area contributed by atoms with Gasteiger partial charge in [-0.15, -0.1) is 0 Å². The molecule has 2 saturated heterocycles. The highest BCUT2D eigenvalue weighted by atomic mass is 32.2. The SMILES string of the molecule is CCCCN1CCC[C@]2(CC(C(=O)N[C@@H]3CCS(=O)(=O)C3)=NO2)C1. The number of piperidine rings is 1. The Labute approximate surface area is 143 Å². The highest BCUT2D eigenvalue weighted by Gasteiger charge is 2.44. The van der Waals surface area contributed by atoms with Crippen molar-refractivity contribution in [2.24, 2.45) is 5.16 Å². The average molecular weight is 357 g/mol. The third-order valence-corrected chi connectivity index (χ3v) is 6.88. The van der Waals surface area contributed by atoms with Crippen molar-refractivity contribution in [2.75, 3.05) is 31.1 Å². The second kappa shape index (κ2) is 7.00. The van der Waals surface area contributed by atoms with Gasteiger partial charge in [-0.2, -0.15) is 0 Å². The Bertz CT molecular complexity index is 619. The van der Waals surface area contributed by atoms with Crippen molar-refractivity contribution in [3.63, 3.8) is 0 Å². The van der Waals surface area contributed by atoms with Crippen molar-refractivity contribution < 1.29 is 18.0 Å². The lowest BCUT2D eigenvalue weighted by Gasteiger charge is -2.38. The van der Waals surface area contributed by atoms with Gasteiger partial charge in [0.15, 0.2) is 15.4 Å². The predicted molar refractivity (Wildman–Crippen MR) is 91.7 cm³/mol. The number of hydrogen-bond donors (Lipinski definition) is 1. The van der Waals surface area contributed by atoms with Crippen LogP contribution in [0.4, 0.5) is 0 Å². The quantitative estimate of drug-likeness (QED) is 0.782. The Kier molecular flexibility index (Phi) is 5.15. The van der Waals surface area contributed by atoms with Crippen molar-refractivity contribution in [1.29, 1.82) is 0 Å². The molecule has 0 saturated carbocycles. The summed E-state index contributed by atoms with van der Waals surface area (Å²) in [5, 5.41) is 6.84. The van der Waals surface area contributed by atoms with Crippen LogP contribution in [0.25, 0.3) is 0 Å². The molecule has 0 bridgehead atoms. The monoisotopic (exact) mass is 357 g/mol. The van der Waals surface area contributed by atoms with Crippen LogP contribution in [-0.2, 0) is 19.5 Å². The number of likely N-dealkylation sites (tertiary alicyclic amines) is 1. The number of hydrogen-bond acceptors (Lipinski definition) is 6. The first-order chi connectivity index (χ1) is 11.4. The molecule has 0 aliphatic carbocycles. The first-order valence-electron chi connectivity index (χ1n) is 8.90. The molecule has 24 heavy (non-hydrogen) atoms. The van der Waals surface area contributed by atoms with E-state index in [0.29, 0.717) is 18.6 Å². The summed E-state index contributed by atoms with van der Waals surface area (Å²) in [6.45, 7) is 5.13. The summed E-state index contributed by atoms with van der Waals surface area (Å²) in [5.41, 5.74) is 0.0251. The molecule has 1 amide bonds. The van der Waals surface area contributed by atoms with Crippen LogP contribution in [0.2, 0.25) is 0 Å². The van der Waals surface area contributed by atoms with E-state index in [0.717, 1.165) is 32.5 Å². The summed E-state index contributed by atoms with van der Waals surface area (Å²) in [6, 6.07) is -0.297. The zero-order chi connectivity index (χ0) is 17.2. The molecule has 1 spiro atoms. The van der Waals surface area contributed by atoms with E-state index in [4.69, 9.17) is 4.84 Å². The molecule has 3 aliphatic heterocycles. The van der Waals surface area contributed by atoms with Crippen LogP contribution in [-0.4, -0.2) is 67.7 Å². The molecule has 3 rings (SSSR count). The standard InChI is InChI=1S/C16H27N3O4S/c1-2-3-7-19-8-4-6-16(12-19)10-14(18-23-16)15(20)17-13-5-9-24(21,22)11-13/h13H,2-12H2,1H3,(H,17,20)/t13-,16+/m1/s1. The van der Waals surface area contributed by atoms with Gasteiger partial charge in [-0.1, -0.05) is 18.5 Å². The maximum absolute atomic E-state index is 12.4. The van der Waals surface area contributed by atoms with Crippen molar-refractivity contribution in [3.8, 4) is 0 Å². The van der Waals surface area contributed by atoms with Crippen LogP contribution in [0.3, 0.4) is 0 Å². The number of rotatable bonds is 5. The van der Waals surface area contributed by atoms with E-state index in [2.05, 4.69) is 22.3 Å². The molecule has 2 fully saturated rings. The van der Waals surface area contributed by atoms with Crippen molar-refractivity contribution in [2.45, 2.75) is 57.1 Å². The molecule has 0 radical (unpaired) electrons. The molecule has 1 N–H and O–H groups in total. The summed E-state index contributed by atoms with van der Waals surface area (Å²) in [4.78, 5) is 20.5. The molecular weight excluding hydrogens is 330 g/mol. The molecular formula is C16H27N3O4S. The fourth-order valence-corrected chi connectivity index (χ4v) is 5.48. The molecule has 0 unspecified atom stereocenters. The lowest BCUT2D eigenvalue weighted by atomic mass is 9.88. The normalized spacial score (nSPS) is 32.5. The van der Waals surface area contributed by atoms with Crippen molar-refractivity contribution in [1.82, 2.24) is 10.2 Å². The third-order valence-electron chi connectivity index (χ3n) is 5.12. The summed E-state index contributed by atoms with van der Waals surface area (Å²) in [6.07, 6.45) is 5.29. The first kappa shape index (κ1) is 17.7. The Morgan fingerprint density at radius 1 is 1.50 bits per heavy atom. The van der Waals surface area contributed by atoms with Gasteiger partial charge in [-0.05, 0) is 38.8 Å². The summed E-state index contributed by atoms with van der Waals surface area (Å²) in [5.74, 6) is -0.0975. The Morgan fingerprint density at radius 2 is 2.33 bits per heavy atom. The molecule has 0 aromatic rings. The summed E-state index contributed by atoms with van der Waals surface area (Å²) < 4.78 is 23.0. The molecule has 3 heterocycles. The topological polar surface area (TPSA) is 88.1 Å². The minimum absolute atomic E-state index is 0.0306. The minimum Gasteiger partial charge on any atom is -0.387 e. The molecule has 136 valence electrons. The molecule has 7 nitrogen and oxygen atoms in total. The lowest BCUT2D eigenvalue weighted by molar-refractivity contribution is -0.115. The van der Waals surface area contributed by atoms with Crippen LogP contribution in [0, 0.1) is 0 Å². The number of sulfone groups is 1. The number of nitrogens with one attached hydrogen (secondary N) is 1. The van der Waals surface area contributed by atoms with Gasteiger partial charge in [0.25, 0.3) is 5.91 Å². The maximum atomic E-state index is 12.4. The zero-order valence-corrected chi connectivity index (χ0v) is 15.1. The number of carbonyl (C=O) groups excluding carboxylic acids is 1. The van der Waals surface area contributed by atoms with E-state index in [9.17, 15) is 13.2 Å². The lowest BCUT2D eigenvalue weighted by Crippen LogP contribution is -2.49. The summed E-state index contributed by atoms with van der Waals surface area (Å²) in [7, 11) is -3.00. The number of nitrogens with zero attached hydrogens (tertiary/aromatic N) is 2. The fraction of sp³-hybridized carbons (Fsp3) is 0.875. The molecule has 8 heteroatoms. The van der Waals surface area contributed by atoms with Crippen LogP contribution in [0.5, 0.6) is 0 Å². The smallest absolute Gasteiger partial charge is 0.269 e. The van der Waals surface area contributed by atoms with Gasteiger partial charge >= 0.3 is 0 Å². The second-order valence-corrected chi connectivity index (χ2v) is 9.52. The highest BCUT2D eigenvalue weighted by Crippen LogP contribution is 2.33. The fourth-order valence-electron chi connectivity index (χ4n) is 3.80. The molecule has 2 atom stereocenters. The van der Waals surface area contributed by atoms with E-state index in [1.54, 1.807) is 0 Å². The zero-order valence-electron chi connectivity index (χ0n) is 14.3. The molecule has 0 aromatic heterocycles. The highest BCUT2D eigenvalue weighted by molar-refractivity contribution is 7.91. The number of carbonyl (C=O) groups is 1. The maximum Gasteiger partial charge on any atom is 0.269 e. The van der Waals surface area contributed by atoms with Gasteiger partial charge in [0.05, 0.1) is 11.5 Å². The van der Waals surface area contributed by atoms with Gasteiger partial charge in [0.1, 0.15) is 5.71 Å². The van der Waals surface area contributed by atoms with Crippen molar-refractivity contribution >= 4 is 21.5 Å². The Hall–Kier alpha value is -1.15. The number of oxime groups is 1. The van der Waals surface area contributed by atoms with Gasteiger partial charge in [-0.3, -0.25) is 9.69 Å². The van der Waals surface area contributed by atoms with Gasteiger partial charge in [0, 0.05) is 19.0 Å². The van der Waals surface area contributed by atoms with E-state index in [1.807, 2.05) is 0 Å². The number of amides is 1.